The fourth-order valence-electron chi connectivity index (χ4n) is 9.91. The molecule has 0 amide bonds. The van der Waals surface area contributed by atoms with Crippen LogP contribution in [0, 0.1) is 0 Å². The second-order valence-electron chi connectivity index (χ2n) is 15.9. The van der Waals surface area contributed by atoms with Gasteiger partial charge in [0.1, 0.15) is 0 Å². The lowest BCUT2D eigenvalue weighted by Crippen LogP contribution is -2.61. The minimum atomic E-state index is 0.0774. The summed E-state index contributed by atoms with van der Waals surface area (Å²) in [6.45, 7) is 0.0774. The minimum absolute atomic E-state index is 0.0774. The van der Waals surface area contributed by atoms with E-state index >= 15 is 0 Å². The van der Waals surface area contributed by atoms with Gasteiger partial charge in [0.25, 0.3) is 6.71 Å². The van der Waals surface area contributed by atoms with E-state index in [9.17, 15) is 0 Å². The monoisotopic (exact) mass is 730 g/mol. The Bertz CT molecular complexity index is 2660. The third kappa shape index (κ3) is 5.89. The van der Waals surface area contributed by atoms with E-state index in [2.05, 4.69) is 204 Å². The number of hydrogen-bond acceptors (Lipinski definition) is 2. The molecule has 0 radical (unpaired) electrons. The summed E-state index contributed by atoms with van der Waals surface area (Å²) in [5.74, 6) is 0.531. The Kier molecular flexibility index (Phi) is 8.39. The van der Waals surface area contributed by atoms with Crippen LogP contribution in [0.2, 0.25) is 0 Å². The zero-order valence-electron chi connectivity index (χ0n) is 32.1. The molecule has 2 nitrogen and oxygen atoms in total. The number of benzene rings is 8. The molecule has 3 heteroatoms. The lowest BCUT2D eigenvalue weighted by Gasteiger charge is -2.45. The predicted molar refractivity (Wildman–Crippen MR) is 243 cm³/mol. The molecule has 8 aromatic rings. The molecule has 8 aromatic carbocycles. The van der Waals surface area contributed by atoms with Crippen LogP contribution in [0.4, 0.5) is 34.1 Å². The van der Waals surface area contributed by atoms with Crippen LogP contribution in [0.5, 0.6) is 0 Å². The first-order valence-corrected chi connectivity index (χ1v) is 20.7. The van der Waals surface area contributed by atoms with Crippen molar-refractivity contribution in [3.63, 3.8) is 0 Å². The van der Waals surface area contributed by atoms with E-state index in [1.807, 2.05) is 0 Å². The van der Waals surface area contributed by atoms with Crippen LogP contribution in [-0.2, 0) is 0 Å². The topological polar surface area (TPSA) is 6.48 Å². The van der Waals surface area contributed by atoms with E-state index in [0.29, 0.717) is 5.92 Å². The maximum Gasteiger partial charge on any atom is 0.252 e. The smallest absolute Gasteiger partial charge is 0.252 e. The third-order valence-corrected chi connectivity index (χ3v) is 12.6. The third-order valence-electron chi connectivity index (χ3n) is 12.6. The fourth-order valence-corrected chi connectivity index (χ4v) is 9.91. The highest BCUT2D eigenvalue weighted by Gasteiger charge is 2.44. The van der Waals surface area contributed by atoms with Crippen LogP contribution in [0.3, 0.4) is 0 Å². The Hall–Kier alpha value is -6.58. The molecule has 57 heavy (non-hydrogen) atoms. The molecule has 0 atom stereocenters. The molecule has 0 bridgehead atoms. The number of hydrogen-bond donors (Lipinski definition) is 0. The van der Waals surface area contributed by atoms with Gasteiger partial charge in [-0.2, -0.15) is 0 Å². The van der Waals surface area contributed by atoms with Crippen molar-refractivity contribution in [2.24, 2.45) is 0 Å². The molecule has 1 aliphatic carbocycles. The van der Waals surface area contributed by atoms with Crippen molar-refractivity contribution >= 4 is 57.2 Å². The highest BCUT2D eigenvalue weighted by atomic mass is 15.2. The van der Waals surface area contributed by atoms with Gasteiger partial charge in [-0.25, -0.2) is 0 Å². The van der Waals surface area contributed by atoms with Gasteiger partial charge < -0.3 is 9.80 Å². The minimum Gasteiger partial charge on any atom is -0.311 e. The van der Waals surface area contributed by atoms with Crippen LogP contribution in [0.15, 0.2) is 194 Å². The quantitative estimate of drug-likeness (QED) is 0.157. The first-order valence-electron chi connectivity index (χ1n) is 20.7. The van der Waals surface area contributed by atoms with Crippen molar-refractivity contribution in [3.05, 3.63) is 200 Å². The van der Waals surface area contributed by atoms with Gasteiger partial charge in [-0.3, -0.25) is 0 Å². The average molecular weight is 731 g/mol. The Balaban J connectivity index is 1.21. The Morgan fingerprint density at radius 2 is 0.860 bits per heavy atom. The zero-order chi connectivity index (χ0) is 37.7. The highest BCUT2D eigenvalue weighted by Crippen LogP contribution is 2.48. The summed E-state index contributed by atoms with van der Waals surface area (Å²) in [6.07, 6.45) is 6.38. The van der Waals surface area contributed by atoms with Crippen molar-refractivity contribution in [1.29, 1.82) is 0 Å². The maximum absolute atomic E-state index is 2.60. The Labute approximate surface area is 336 Å². The molecule has 1 fully saturated rings. The lowest BCUT2D eigenvalue weighted by molar-refractivity contribution is 0.444. The van der Waals surface area contributed by atoms with E-state index < -0.39 is 0 Å². The van der Waals surface area contributed by atoms with Crippen molar-refractivity contribution < 1.29 is 0 Å². The molecule has 11 rings (SSSR count). The van der Waals surface area contributed by atoms with Crippen LogP contribution in [0.25, 0.3) is 33.4 Å². The molecule has 0 N–H and O–H groups in total. The first kappa shape index (κ1) is 33.7. The normalized spacial score (nSPS) is 14.5. The SMILES string of the molecule is c1ccc(-c2cc(-c3ccccc3)cc(N3c4ccccc4B4c5ccc(-c6ccccc6)cc5N(c5ccccc5)c5cc(C6CCCCC6)cc3c54)c2)cc1. The summed E-state index contributed by atoms with van der Waals surface area (Å²) in [5, 5.41) is 0. The van der Waals surface area contributed by atoms with E-state index in [1.165, 1.54) is 122 Å². The van der Waals surface area contributed by atoms with Gasteiger partial charge in [0.05, 0.1) is 0 Å². The summed E-state index contributed by atoms with van der Waals surface area (Å²) in [6, 6.07) is 72.4. The molecular weight excluding hydrogens is 687 g/mol. The van der Waals surface area contributed by atoms with Gasteiger partial charge in [0.15, 0.2) is 0 Å². The molecule has 0 saturated heterocycles. The van der Waals surface area contributed by atoms with Gasteiger partial charge >= 0.3 is 0 Å². The molecule has 0 unspecified atom stereocenters. The van der Waals surface area contributed by atoms with Crippen molar-refractivity contribution in [3.8, 4) is 33.4 Å². The summed E-state index contributed by atoms with van der Waals surface area (Å²) >= 11 is 0. The molecule has 0 aromatic heterocycles. The van der Waals surface area contributed by atoms with Gasteiger partial charge in [0, 0.05) is 34.1 Å². The molecule has 2 aliphatic heterocycles. The van der Waals surface area contributed by atoms with E-state index in [-0.39, 0.29) is 6.71 Å². The van der Waals surface area contributed by atoms with Gasteiger partial charge in [-0.1, -0.05) is 159 Å². The Morgan fingerprint density at radius 3 is 1.47 bits per heavy atom. The number of para-hydroxylation sites is 2. The summed E-state index contributed by atoms with van der Waals surface area (Å²) < 4.78 is 0. The zero-order valence-corrected chi connectivity index (χ0v) is 32.1. The second-order valence-corrected chi connectivity index (χ2v) is 15.9. The van der Waals surface area contributed by atoms with Gasteiger partial charge in [0.2, 0.25) is 0 Å². The van der Waals surface area contributed by atoms with Crippen molar-refractivity contribution in [1.82, 2.24) is 0 Å². The fraction of sp³-hybridized carbons (Fsp3) is 0.111. The largest absolute Gasteiger partial charge is 0.311 e. The molecule has 1 saturated carbocycles. The van der Waals surface area contributed by atoms with Crippen molar-refractivity contribution in [2.75, 3.05) is 9.80 Å². The Morgan fingerprint density at radius 1 is 0.351 bits per heavy atom. The average Bonchev–Trinajstić information content (AvgIpc) is 3.30. The summed E-state index contributed by atoms with van der Waals surface area (Å²) in [5.41, 5.74) is 20.3. The summed E-state index contributed by atoms with van der Waals surface area (Å²) in [7, 11) is 0. The summed E-state index contributed by atoms with van der Waals surface area (Å²) in [4.78, 5) is 5.17. The van der Waals surface area contributed by atoms with E-state index in [1.54, 1.807) is 0 Å². The number of anilines is 6. The number of fused-ring (bicyclic) bond motifs is 4. The standard InChI is InChI=1S/C54H43BN2/c1-6-18-38(19-7-1)42-30-31-49-51(35-42)56(46-26-14-5-15-27-46)52-36-45(41-24-12-4-13-25-41)37-53-54(52)55(49)48-28-16-17-29-50(48)57(53)47-33-43(39-20-8-2-9-21-39)32-44(34-47)40-22-10-3-11-23-40/h1-3,5-11,14-23,26-37,41H,4,12-13,24-25H2. The van der Waals surface area contributed by atoms with Crippen LogP contribution in [0.1, 0.15) is 43.6 Å². The molecule has 2 heterocycles. The second kappa shape index (κ2) is 14.2. The van der Waals surface area contributed by atoms with E-state index in [4.69, 9.17) is 0 Å². The first-order chi connectivity index (χ1) is 28.3. The van der Waals surface area contributed by atoms with Crippen LogP contribution >= 0.6 is 0 Å². The van der Waals surface area contributed by atoms with E-state index in [0.717, 1.165) is 0 Å². The number of nitrogens with zero attached hydrogens (tertiary/aromatic N) is 2. The highest BCUT2D eigenvalue weighted by molar-refractivity contribution is 7.00. The number of rotatable bonds is 6. The molecule has 0 spiro atoms. The molecule has 272 valence electrons. The lowest BCUT2D eigenvalue weighted by atomic mass is 9.33. The van der Waals surface area contributed by atoms with Crippen LogP contribution in [-0.4, -0.2) is 6.71 Å². The van der Waals surface area contributed by atoms with Crippen LogP contribution < -0.4 is 26.2 Å². The maximum atomic E-state index is 2.60. The molecule has 3 aliphatic rings. The van der Waals surface area contributed by atoms with Crippen molar-refractivity contribution in [2.45, 2.75) is 38.0 Å². The van der Waals surface area contributed by atoms with Gasteiger partial charge in [-0.15, -0.1) is 0 Å². The predicted octanol–water partition coefficient (Wildman–Crippen LogP) is 12.8. The van der Waals surface area contributed by atoms with Gasteiger partial charge in [-0.05, 0) is 129 Å². The molecular formula is C54H43BN2.